The number of piperidine rings is 1. The quantitative estimate of drug-likeness (QED) is 0.862. The van der Waals surface area contributed by atoms with Gasteiger partial charge in [-0.25, -0.2) is 0 Å². The van der Waals surface area contributed by atoms with Crippen molar-refractivity contribution in [3.63, 3.8) is 0 Å². The lowest BCUT2D eigenvalue weighted by Crippen LogP contribution is -2.38. The predicted octanol–water partition coefficient (Wildman–Crippen LogP) is 2.31. The molecule has 2 heterocycles. The normalized spacial score (nSPS) is 21.4. The Labute approximate surface area is 142 Å². The third-order valence-corrected chi connectivity index (χ3v) is 5.09. The third kappa shape index (κ3) is 3.76. The Morgan fingerprint density at radius 2 is 1.92 bits per heavy atom. The molecule has 132 valence electrons. The van der Waals surface area contributed by atoms with Gasteiger partial charge in [-0.15, -0.1) is 10.2 Å². The van der Waals surface area contributed by atoms with Crippen LogP contribution in [-0.4, -0.2) is 40.5 Å². The van der Waals surface area contributed by atoms with Gasteiger partial charge in [-0.3, -0.25) is 9.59 Å². The number of aromatic nitrogens is 2. The van der Waals surface area contributed by atoms with E-state index in [-0.39, 0.29) is 17.9 Å². The van der Waals surface area contributed by atoms with Gasteiger partial charge in [0, 0.05) is 32.4 Å². The first-order valence-electron chi connectivity index (χ1n) is 9.02. The predicted molar refractivity (Wildman–Crippen MR) is 87.1 cm³/mol. The van der Waals surface area contributed by atoms with Gasteiger partial charge in [-0.2, -0.15) is 0 Å². The van der Waals surface area contributed by atoms with Crippen LogP contribution < -0.4 is 5.32 Å². The smallest absolute Gasteiger partial charge is 0.238 e. The molecule has 24 heavy (non-hydrogen) atoms. The van der Waals surface area contributed by atoms with Crippen molar-refractivity contribution in [3.8, 4) is 0 Å². The van der Waals surface area contributed by atoms with Crippen LogP contribution >= 0.6 is 0 Å². The van der Waals surface area contributed by atoms with Gasteiger partial charge in [0.2, 0.25) is 23.6 Å². The highest BCUT2D eigenvalue weighted by atomic mass is 16.4. The van der Waals surface area contributed by atoms with Gasteiger partial charge in [-0.05, 0) is 38.5 Å². The van der Waals surface area contributed by atoms with Crippen molar-refractivity contribution in [2.24, 2.45) is 0 Å². The van der Waals surface area contributed by atoms with Crippen LogP contribution in [0.4, 0.5) is 0 Å². The minimum Gasteiger partial charge on any atom is -0.423 e. The molecule has 1 saturated heterocycles. The van der Waals surface area contributed by atoms with Gasteiger partial charge in [0.1, 0.15) is 6.04 Å². The molecule has 0 spiro atoms. The van der Waals surface area contributed by atoms with Crippen LogP contribution in [0.3, 0.4) is 0 Å². The van der Waals surface area contributed by atoms with E-state index in [4.69, 9.17) is 4.42 Å². The Morgan fingerprint density at radius 1 is 1.12 bits per heavy atom. The van der Waals surface area contributed by atoms with Gasteiger partial charge in [0.15, 0.2) is 0 Å². The first kappa shape index (κ1) is 16.9. The Kier molecular flexibility index (Phi) is 5.48. The second-order valence-electron chi connectivity index (χ2n) is 6.73. The van der Waals surface area contributed by atoms with Crippen LogP contribution in [0, 0.1) is 0 Å². The number of nitrogens with one attached hydrogen (secondary N) is 1. The highest BCUT2D eigenvalue weighted by molar-refractivity contribution is 5.79. The molecular formula is C17H26N4O3. The minimum absolute atomic E-state index is 0.0277. The molecule has 1 N–H and O–H groups in total. The number of hydrogen-bond donors (Lipinski definition) is 1. The number of rotatable bonds is 6. The van der Waals surface area contributed by atoms with Gasteiger partial charge in [-0.1, -0.05) is 6.42 Å². The SMILES string of the molecule is CNC(=O)CCCC(=O)N1CCCCC1c1nnc(C2CCC2)o1. The first-order chi connectivity index (χ1) is 11.7. The Bertz CT molecular complexity index is 582. The molecule has 7 nitrogen and oxygen atoms in total. The average Bonchev–Trinajstić information content (AvgIpc) is 3.02. The second-order valence-corrected chi connectivity index (χ2v) is 6.73. The minimum atomic E-state index is -0.104. The maximum Gasteiger partial charge on any atom is 0.238 e. The largest absolute Gasteiger partial charge is 0.423 e. The Balaban J connectivity index is 1.61. The van der Waals surface area contributed by atoms with Crippen LogP contribution in [0.25, 0.3) is 0 Å². The molecule has 1 aliphatic carbocycles. The summed E-state index contributed by atoms with van der Waals surface area (Å²) in [6, 6.07) is -0.104. The van der Waals surface area contributed by atoms with Crippen LogP contribution in [0.2, 0.25) is 0 Å². The molecule has 1 aromatic heterocycles. The molecule has 0 aromatic carbocycles. The zero-order chi connectivity index (χ0) is 16.9. The van der Waals surface area contributed by atoms with E-state index in [2.05, 4.69) is 15.5 Å². The summed E-state index contributed by atoms with van der Waals surface area (Å²) >= 11 is 0. The average molecular weight is 334 g/mol. The van der Waals surface area contributed by atoms with Crippen molar-refractivity contribution >= 4 is 11.8 Å². The first-order valence-corrected chi connectivity index (χ1v) is 9.02. The van der Waals surface area contributed by atoms with Gasteiger partial charge in [0.25, 0.3) is 0 Å². The maximum atomic E-state index is 12.6. The van der Waals surface area contributed by atoms with Gasteiger partial charge >= 0.3 is 0 Å². The summed E-state index contributed by atoms with van der Waals surface area (Å²) in [6.45, 7) is 0.727. The number of nitrogens with zero attached hydrogens (tertiary/aromatic N) is 3. The van der Waals surface area contributed by atoms with Crippen LogP contribution in [0.5, 0.6) is 0 Å². The van der Waals surface area contributed by atoms with E-state index in [1.54, 1.807) is 7.05 Å². The van der Waals surface area contributed by atoms with Crippen molar-refractivity contribution < 1.29 is 14.0 Å². The highest BCUT2D eigenvalue weighted by Gasteiger charge is 2.33. The van der Waals surface area contributed by atoms with Gasteiger partial charge < -0.3 is 14.6 Å². The second kappa shape index (κ2) is 7.77. The van der Waals surface area contributed by atoms with E-state index in [9.17, 15) is 9.59 Å². The van der Waals surface area contributed by atoms with Crippen molar-refractivity contribution in [2.45, 2.75) is 69.7 Å². The van der Waals surface area contributed by atoms with E-state index < -0.39 is 0 Å². The third-order valence-electron chi connectivity index (χ3n) is 5.09. The summed E-state index contributed by atoms with van der Waals surface area (Å²) in [4.78, 5) is 25.7. The van der Waals surface area contributed by atoms with E-state index in [0.29, 0.717) is 31.1 Å². The lowest BCUT2D eigenvalue weighted by atomic mass is 9.85. The summed E-state index contributed by atoms with van der Waals surface area (Å²) < 4.78 is 5.89. The van der Waals surface area contributed by atoms with E-state index >= 15 is 0 Å². The summed E-state index contributed by atoms with van der Waals surface area (Å²) in [5, 5.41) is 11.0. The summed E-state index contributed by atoms with van der Waals surface area (Å²) in [7, 11) is 1.61. The molecule has 2 amide bonds. The van der Waals surface area contributed by atoms with E-state index in [0.717, 1.165) is 44.5 Å². The summed E-state index contributed by atoms with van der Waals surface area (Å²) in [6.07, 6.45) is 7.73. The zero-order valence-electron chi connectivity index (χ0n) is 14.3. The Morgan fingerprint density at radius 3 is 2.62 bits per heavy atom. The Hall–Kier alpha value is -1.92. The lowest BCUT2D eigenvalue weighted by Gasteiger charge is -2.33. The molecule has 3 rings (SSSR count). The van der Waals surface area contributed by atoms with Crippen molar-refractivity contribution in [1.29, 1.82) is 0 Å². The van der Waals surface area contributed by atoms with E-state index in [1.165, 1.54) is 6.42 Å². The molecular weight excluding hydrogens is 308 g/mol. The maximum absolute atomic E-state index is 12.6. The number of hydrogen-bond acceptors (Lipinski definition) is 5. The molecule has 2 fully saturated rings. The number of carbonyl (C=O) groups is 2. The molecule has 0 radical (unpaired) electrons. The number of likely N-dealkylation sites (tertiary alicyclic amines) is 1. The lowest BCUT2D eigenvalue weighted by molar-refractivity contribution is -0.135. The fourth-order valence-corrected chi connectivity index (χ4v) is 3.36. The molecule has 0 bridgehead atoms. The van der Waals surface area contributed by atoms with Crippen LogP contribution in [0.15, 0.2) is 4.42 Å². The van der Waals surface area contributed by atoms with Crippen LogP contribution in [-0.2, 0) is 9.59 Å². The van der Waals surface area contributed by atoms with Crippen molar-refractivity contribution in [1.82, 2.24) is 20.4 Å². The molecule has 1 unspecified atom stereocenters. The standard InChI is InChI=1S/C17H26N4O3/c1-18-14(22)9-5-10-15(23)21-11-3-2-8-13(21)17-20-19-16(24-17)12-6-4-7-12/h12-13H,2-11H2,1H3,(H,18,22). The van der Waals surface area contributed by atoms with E-state index in [1.807, 2.05) is 4.90 Å². The molecule has 1 atom stereocenters. The fourth-order valence-electron chi connectivity index (χ4n) is 3.36. The van der Waals surface area contributed by atoms with Gasteiger partial charge in [0.05, 0.1) is 0 Å². The van der Waals surface area contributed by atoms with Crippen LogP contribution in [0.1, 0.15) is 81.5 Å². The molecule has 7 heteroatoms. The van der Waals surface area contributed by atoms with Crippen molar-refractivity contribution in [3.05, 3.63) is 11.8 Å². The topological polar surface area (TPSA) is 88.3 Å². The molecule has 1 aliphatic heterocycles. The summed E-state index contributed by atoms with van der Waals surface area (Å²) in [5.41, 5.74) is 0. The summed E-state index contributed by atoms with van der Waals surface area (Å²) in [5.74, 6) is 1.77. The molecule has 2 aliphatic rings. The fraction of sp³-hybridized carbons (Fsp3) is 0.765. The monoisotopic (exact) mass is 334 g/mol. The number of carbonyl (C=O) groups excluding carboxylic acids is 2. The zero-order valence-corrected chi connectivity index (χ0v) is 14.3. The van der Waals surface area contributed by atoms with Crippen molar-refractivity contribution in [2.75, 3.05) is 13.6 Å². The highest BCUT2D eigenvalue weighted by Crippen LogP contribution is 2.37. The molecule has 1 saturated carbocycles. The molecule has 1 aromatic rings. The number of amides is 2.